The van der Waals surface area contributed by atoms with Crippen molar-refractivity contribution < 1.29 is 9.53 Å². The molecule has 0 heterocycles. The van der Waals surface area contributed by atoms with Crippen LogP contribution in [0.1, 0.15) is 18.9 Å². The number of carbonyl (C=O) groups is 1. The molecule has 0 aliphatic carbocycles. The van der Waals surface area contributed by atoms with Crippen LogP contribution in [-0.4, -0.2) is 32.2 Å². The molecule has 0 aliphatic heterocycles. The molecule has 0 saturated carbocycles. The Bertz CT molecular complexity index is 380. The topological polar surface area (TPSA) is 50.4 Å². The molecule has 2 N–H and O–H groups in total. The van der Waals surface area contributed by atoms with Gasteiger partial charge in [-0.25, -0.2) is 0 Å². The van der Waals surface area contributed by atoms with Crippen LogP contribution in [0.5, 0.6) is 0 Å². The smallest absolute Gasteiger partial charge is 0.238 e. The molecule has 1 aromatic carbocycles. The molecule has 0 spiro atoms. The van der Waals surface area contributed by atoms with Gasteiger partial charge in [-0.2, -0.15) is 0 Å². The van der Waals surface area contributed by atoms with Gasteiger partial charge in [0.2, 0.25) is 5.91 Å². The molecule has 1 unspecified atom stereocenters. The van der Waals surface area contributed by atoms with E-state index in [2.05, 4.69) is 10.6 Å². The predicted molar refractivity (Wildman–Crippen MR) is 73.8 cm³/mol. The van der Waals surface area contributed by atoms with Crippen LogP contribution in [0.3, 0.4) is 0 Å². The van der Waals surface area contributed by atoms with Crippen molar-refractivity contribution in [3.8, 4) is 0 Å². The summed E-state index contributed by atoms with van der Waals surface area (Å²) < 4.78 is 4.99. The highest BCUT2D eigenvalue weighted by molar-refractivity contribution is 5.92. The fourth-order valence-electron chi connectivity index (χ4n) is 1.57. The average Bonchev–Trinajstić information content (AvgIpc) is 2.36. The lowest BCUT2D eigenvalue weighted by Gasteiger charge is -2.13. The minimum absolute atomic E-state index is 0.0198. The molecule has 0 radical (unpaired) electrons. The first kappa shape index (κ1) is 14.7. The third kappa shape index (κ3) is 5.29. The number of para-hydroxylation sites is 1. The molecule has 0 bridgehead atoms. The number of methoxy groups -OCH3 is 1. The highest BCUT2D eigenvalue weighted by Gasteiger charge is 2.06. The second kappa shape index (κ2) is 7.84. The lowest BCUT2D eigenvalue weighted by molar-refractivity contribution is -0.115. The van der Waals surface area contributed by atoms with E-state index in [1.54, 1.807) is 7.11 Å². The van der Waals surface area contributed by atoms with Crippen molar-refractivity contribution >= 4 is 11.6 Å². The van der Waals surface area contributed by atoms with Gasteiger partial charge in [-0.15, -0.1) is 0 Å². The van der Waals surface area contributed by atoms with Gasteiger partial charge in [0.15, 0.2) is 0 Å². The van der Waals surface area contributed by atoms with E-state index in [1.165, 1.54) is 0 Å². The second-order valence-electron chi connectivity index (χ2n) is 4.43. The predicted octanol–water partition coefficient (Wildman–Crippen LogP) is 1.95. The van der Waals surface area contributed by atoms with Crippen LogP contribution in [0.2, 0.25) is 0 Å². The summed E-state index contributed by atoms with van der Waals surface area (Å²) in [7, 11) is 1.68. The Labute approximate surface area is 109 Å². The van der Waals surface area contributed by atoms with Crippen molar-refractivity contribution in [1.29, 1.82) is 0 Å². The first-order valence-electron chi connectivity index (χ1n) is 6.21. The van der Waals surface area contributed by atoms with Crippen molar-refractivity contribution in [2.45, 2.75) is 26.3 Å². The second-order valence-corrected chi connectivity index (χ2v) is 4.43. The van der Waals surface area contributed by atoms with Gasteiger partial charge in [0.05, 0.1) is 6.54 Å². The quantitative estimate of drug-likeness (QED) is 0.777. The highest BCUT2D eigenvalue weighted by atomic mass is 16.5. The molecule has 0 aliphatic rings. The number of benzene rings is 1. The van der Waals surface area contributed by atoms with E-state index >= 15 is 0 Å². The number of carbonyl (C=O) groups excluding carboxylic acids is 1. The van der Waals surface area contributed by atoms with E-state index in [-0.39, 0.29) is 11.9 Å². The van der Waals surface area contributed by atoms with E-state index in [0.717, 1.165) is 17.7 Å². The minimum Gasteiger partial charge on any atom is -0.385 e. The maximum absolute atomic E-state index is 11.7. The number of anilines is 1. The number of amides is 1. The summed E-state index contributed by atoms with van der Waals surface area (Å²) in [5.41, 5.74) is 1.94. The molecular weight excluding hydrogens is 228 g/mol. The largest absolute Gasteiger partial charge is 0.385 e. The Balaban J connectivity index is 2.32. The molecule has 18 heavy (non-hydrogen) atoms. The first-order valence-corrected chi connectivity index (χ1v) is 6.21. The molecule has 4 heteroatoms. The third-order valence-corrected chi connectivity index (χ3v) is 2.79. The van der Waals surface area contributed by atoms with Crippen LogP contribution < -0.4 is 10.6 Å². The number of hydrogen-bond donors (Lipinski definition) is 2. The van der Waals surface area contributed by atoms with Gasteiger partial charge >= 0.3 is 0 Å². The van der Waals surface area contributed by atoms with Crippen LogP contribution in [0.15, 0.2) is 24.3 Å². The van der Waals surface area contributed by atoms with Crippen molar-refractivity contribution in [3.63, 3.8) is 0 Å². The Hall–Kier alpha value is -1.39. The number of rotatable bonds is 7. The van der Waals surface area contributed by atoms with Gasteiger partial charge in [0.25, 0.3) is 0 Å². The van der Waals surface area contributed by atoms with E-state index in [4.69, 9.17) is 4.74 Å². The molecule has 0 saturated heterocycles. The Morgan fingerprint density at radius 3 is 2.78 bits per heavy atom. The van der Waals surface area contributed by atoms with Gasteiger partial charge in [0, 0.05) is 25.4 Å². The lowest BCUT2D eigenvalue weighted by atomic mass is 10.2. The van der Waals surface area contributed by atoms with Gasteiger partial charge in [-0.1, -0.05) is 18.2 Å². The first-order chi connectivity index (χ1) is 8.63. The van der Waals surface area contributed by atoms with Gasteiger partial charge < -0.3 is 15.4 Å². The van der Waals surface area contributed by atoms with Gasteiger partial charge in [0.1, 0.15) is 0 Å². The lowest BCUT2D eigenvalue weighted by Crippen LogP contribution is -2.35. The summed E-state index contributed by atoms with van der Waals surface area (Å²) in [5.74, 6) is -0.0198. The maximum atomic E-state index is 11.7. The summed E-state index contributed by atoms with van der Waals surface area (Å²) in [6, 6.07) is 8.02. The summed E-state index contributed by atoms with van der Waals surface area (Å²) >= 11 is 0. The van der Waals surface area contributed by atoms with E-state index in [0.29, 0.717) is 13.2 Å². The number of ether oxygens (including phenoxy) is 1. The number of hydrogen-bond acceptors (Lipinski definition) is 3. The zero-order valence-electron chi connectivity index (χ0n) is 11.3. The summed E-state index contributed by atoms with van der Waals surface area (Å²) in [6.07, 6.45) is 0.897. The van der Waals surface area contributed by atoms with Gasteiger partial charge in [-0.05, 0) is 31.9 Å². The molecule has 1 amide bonds. The van der Waals surface area contributed by atoms with Crippen molar-refractivity contribution in [2.24, 2.45) is 0 Å². The number of aryl methyl sites for hydroxylation is 1. The number of nitrogens with one attached hydrogen (secondary N) is 2. The highest BCUT2D eigenvalue weighted by Crippen LogP contribution is 2.12. The van der Waals surface area contributed by atoms with Crippen LogP contribution in [0, 0.1) is 6.92 Å². The molecule has 4 nitrogen and oxygen atoms in total. The van der Waals surface area contributed by atoms with Crippen LogP contribution >= 0.6 is 0 Å². The Morgan fingerprint density at radius 1 is 1.39 bits per heavy atom. The van der Waals surface area contributed by atoms with Crippen LogP contribution in [0.4, 0.5) is 5.69 Å². The van der Waals surface area contributed by atoms with Crippen molar-refractivity contribution in [2.75, 3.05) is 25.6 Å². The molecule has 1 rings (SSSR count). The maximum Gasteiger partial charge on any atom is 0.238 e. The SMILES string of the molecule is COCCC(C)NCC(=O)Nc1ccccc1C. The van der Waals surface area contributed by atoms with Crippen molar-refractivity contribution in [3.05, 3.63) is 29.8 Å². The molecule has 0 fully saturated rings. The molecule has 100 valence electrons. The van der Waals surface area contributed by atoms with E-state index in [1.807, 2.05) is 38.1 Å². The molecule has 1 atom stereocenters. The van der Waals surface area contributed by atoms with E-state index < -0.39 is 0 Å². The standard InChI is InChI=1S/C14H22N2O2/c1-11-6-4-5-7-13(11)16-14(17)10-15-12(2)8-9-18-3/h4-7,12,15H,8-10H2,1-3H3,(H,16,17). The Morgan fingerprint density at radius 2 is 2.11 bits per heavy atom. The third-order valence-electron chi connectivity index (χ3n) is 2.79. The van der Waals surface area contributed by atoms with Crippen LogP contribution in [0.25, 0.3) is 0 Å². The monoisotopic (exact) mass is 250 g/mol. The summed E-state index contributed by atoms with van der Waals surface area (Å²) in [5, 5.41) is 6.05. The Kier molecular flexibility index (Phi) is 6.39. The fourth-order valence-corrected chi connectivity index (χ4v) is 1.57. The van der Waals surface area contributed by atoms with Crippen LogP contribution in [-0.2, 0) is 9.53 Å². The minimum atomic E-state index is -0.0198. The zero-order valence-corrected chi connectivity index (χ0v) is 11.3. The summed E-state index contributed by atoms with van der Waals surface area (Å²) in [4.78, 5) is 11.7. The molecule has 1 aromatic rings. The molecule has 0 aromatic heterocycles. The average molecular weight is 250 g/mol. The summed E-state index contributed by atoms with van der Waals surface area (Å²) in [6.45, 7) is 5.04. The van der Waals surface area contributed by atoms with E-state index in [9.17, 15) is 4.79 Å². The normalized spacial score (nSPS) is 12.2. The van der Waals surface area contributed by atoms with Crippen molar-refractivity contribution in [1.82, 2.24) is 5.32 Å². The zero-order chi connectivity index (χ0) is 13.4. The van der Waals surface area contributed by atoms with Gasteiger partial charge in [-0.3, -0.25) is 4.79 Å². The fraction of sp³-hybridized carbons (Fsp3) is 0.500. The molecular formula is C14H22N2O2.